The molecule has 1 aliphatic rings. The fourth-order valence-electron chi connectivity index (χ4n) is 3.29. The summed E-state index contributed by atoms with van der Waals surface area (Å²) in [5, 5.41) is 5.93. The first-order chi connectivity index (χ1) is 13.5. The maximum absolute atomic E-state index is 12.5. The van der Waals surface area contributed by atoms with Gasteiger partial charge in [0.15, 0.2) is 0 Å². The van der Waals surface area contributed by atoms with Gasteiger partial charge in [-0.2, -0.15) is 0 Å². The summed E-state index contributed by atoms with van der Waals surface area (Å²) in [6.45, 7) is 6.17. The molecule has 2 aromatic rings. The number of rotatable bonds is 7. The molecule has 1 aliphatic heterocycles. The zero-order chi connectivity index (χ0) is 19.9. The van der Waals surface area contributed by atoms with Gasteiger partial charge in [0.25, 0.3) is 0 Å². The van der Waals surface area contributed by atoms with E-state index < -0.39 is 0 Å². The summed E-state index contributed by atoms with van der Waals surface area (Å²) in [6.07, 6.45) is 2.29. The Hall–Kier alpha value is -2.82. The zero-order valence-corrected chi connectivity index (χ0v) is 16.7. The lowest BCUT2D eigenvalue weighted by atomic mass is 10.1. The van der Waals surface area contributed by atoms with Gasteiger partial charge in [-0.1, -0.05) is 50.2 Å². The minimum absolute atomic E-state index is 0.0821. The molecular formula is C23H29N3O2. The van der Waals surface area contributed by atoms with Gasteiger partial charge in [-0.15, -0.1) is 0 Å². The van der Waals surface area contributed by atoms with Crippen LogP contribution in [0.5, 0.6) is 0 Å². The number of amides is 3. The molecule has 5 nitrogen and oxygen atoms in total. The highest BCUT2D eigenvalue weighted by atomic mass is 16.2. The lowest BCUT2D eigenvalue weighted by Gasteiger charge is -2.16. The number of carbonyl (C=O) groups is 2. The SMILES string of the molecule is CC(C)CCC(=O)NCCc1ccc(NC(=O)N2Cc3ccccc3C2)cc1. The van der Waals surface area contributed by atoms with Gasteiger partial charge in [-0.3, -0.25) is 4.79 Å². The van der Waals surface area contributed by atoms with Gasteiger partial charge in [-0.05, 0) is 47.6 Å². The molecule has 0 atom stereocenters. The largest absolute Gasteiger partial charge is 0.356 e. The minimum Gasteiger partial charge on any atom is -0.356 e. The number of anilines is 1. The molecule has 5 heteroatoms. The van der Waals surface area contributed by atoms with Crippen molar-refractivity contribution in [1.82, 2.24) is 10.2 Å². The molecule has 0 aromatic heterocycles. The quantitative estimate of drug-likeness (QED) is 0.752. The highest BCUT2D eigenvalue weighted by molar-refractivity contribution is 5.89. The van der Waals surface area contributed by atoms with Gasteiger partial charge >= 0.3 is 6.03 Å². The predicted octanol–water partition coefficient (Wildman–Crippen LogP) is 4.33. The average Bonchev–Trinajstić information content (AvgIpc) is 3.12. The number of urea groups is 1. The number of benzene rings is 2. The van der Waals surface area contributed by atoms with Gasteiger partial charge in [0, 0.05) is 31.7 Å². The summed E-state index contributed by atoms with van der Waals surface area (Å²) in [5.74, 6) is 0.660. The molecule has 2 aromatic carbocycles. The third-order valence-electron chi connectivity index (χ3n) is 5.02. The second-order valence-corrected chi connectivity index (χ2v) is 7.78. The van der Waals surface area contributed by atoms with Crippen LogP contribution >= 0.6 is 0 Å². The van der Waals surface area contributed by atoms with E-state index in [0.717, 1.165) is 24.1 Å². The van der Waals surface area contributed by atoms with Gasteiger partial charge in [0.2, 0.25) is 5.91 Å². The van der Waals surface area contributed by atoms with Crippen molar-refractivity contribution in [2.24, 2.45) is 5.92 Å². The second-order valence-electron chi connectivity index (χ2n) is 7.78. The van der Waals surface area contributed by atoms with Crippen LogP contribution in [0.15, 0.2) is 48.5 Å². The molecular weight excluding hydrogens is 350 g/mol. The van der Waals surface area contributed by atoms with E-state index in [1.807, 2.05) is 41.3 Å². The van der Waals surface area contributed by atoms with Gasteiger partial charge in [0.05, 0.1) is 0 Å². The molecule has 0 aliphatic carbocycles. The summed E-state index contributed by atoms with van der Waals surface area (Å²) in [5.41, 5.74) is 4.34. The maximum Gasteiger partial charge on any atom is 0.322 e. The second kappa shape index (κ2) is 9.40. The highest BCUT2D eigenvalue weighted by Gasteiger charge is 2.22. The molecule has 0 fully saturated rings. The Balaban J connectivity index is 1.42. The molecule has 28 heavy (non-hydrogen) atoms. The van der Waals surface area contributed by atoms with Gasteiger partial charge in [-0.25, -0.2) is 4.79 Å². The Morgan fingerprint density at radius 3 is 2.25 bits per heavy atom. The minimum atomic E-state index is -0.0821. The monoisotopic (exact) mass is 379 g/mol. The zero-order valence-electron chi connectivity index (χ0n) is 16.7. The van der Waals surface area contributed by atoms with Crippen LogP contribution in [-0.2, 0) is 24.3 Å². The Morgan fingerprint density at radius 1 is 1.00 bits per heavy atom. The molecule has 0 saturated heterocycles. The van der Waals surface area contributed by atoms with Crippen LogP contribution < -0.4 is 10.6 Å². The van der Waals surface area contributed by atoms with Crippen molar-refractivity contribution in [3.05, 3.63) is 65.2 Å². The Morgan fingerprint density at radius 2 is 1.64 bits per heavy atom. The molecule has 0 spiro atoms. The summed E-state index contributed by atoms with van der Waals surface area (Å²) >= 11 is 0. The van der Waals surface area contributed by atoms with E-state index in [0.29, 0.717) is 32.0 Å². The van der Waals surface area contributed by atoms with E-state index in [2.05, 4.69) is 36.6 Å². The first-order valence-electron chi connectivity index (χ1n) is 9.99. The number of carbonyl (C=O) groups excluding carboxylic acids is 2. The van der Waals surface area contributed by atoms with Crippen molar-refractivity contribution >= 4 is 17.6 Å². The lowest BCUT2D eigenvalue weighted by Crippen LogP contribution is -2.30. The van der Waals surface area contributed by atoms with Crippen molar-refractivity contribution in [3.8, 4) is 0 Å². The van der Waals surface area contributed by atoms with Crippen LogP contribution in [0.25, 0.3) is 0 Å². The molecule has 148 valence electrons. The van der Waals surface area contributed by atoms with E-state index in [1.165, 1.54) is 11.1 Å². The normalized spacial score (nSPS) is 12.8. The summed E-state index contributed by atoms with van der Waals surface area (Å²) in [4.78, 5) is 26.1. The Bertz CT molecular complexity index is 790. The van der Waals surface area contributed by atoms with E-state index in [-0.39, 0.29) is 11.9 Å². The van der Waals surface area contributed by atoms with Gasteiger partial charge < -0.3 is 15.5 Å². The van der Waals surface area contributed by atoms with Crippen LogP contribution in [0, 0.1) is 5.92 Å². The maximum atomic E-state index is 12.5. The third kappa shape index (κ3) is 5.59. The van der Waals surface area contributed by atoms with Crippen molar-refractivity contribution in [2.75, 3.05) is 11.9 Å². The lowest BCUT2D eigenvalue weighted by molar-refractivity contribution is -0.121. The fourth-order valence-corrected chi connectivity index (χ4v) is 3.29. The summed E-state index contributed by atoms with van der Waals surface area (Å²) < 4.78 is 0. The number of hydrogen-bond donors (Lipinski definition) is 2. The third-order valence-corrected chi connectivity index (χ3v) is 5.02. The Labute approximate surface area is 167 Å². The molecule has 3 amide bonds. The molecule has 3 rings (SSSR count). The standard InChI is InChI=1S/C23H29N3O2/c1-17(2)7-12-22(27)24-14-13-18-8-10-21(11-9-18)25-23(28)26-15-19-5-3-4-6-20(19)16-26/h3-6,8-11,17H,7,12-16H2,1-2H3,(H,24,27)(H,25,28). The molecule has 2 N–H and O–H groups in total. The van der Waals surface area contributed by atoms with Crippen molar-refractivity contribution in [1.29, 1.82) is 0 Å². The molecule has 0 bridgehead atoms. The first kappa shape index (κ1) is 19.9. The molecule has 1 heterocycles. The average molecular weight is 380 g/mol. The van der Waals surface area contributed by atoms with Crippen LogP contribution in [0.2, 0.25) is 0 Å². The molecule has 0 radical (unpaired) electrons. The van der Waals surface area contributed by atoms with Crippen molar-refractivity contribution in [2.45, 2.75) is 46.2 Å². The summed E-state index contributed by atoms with van der Waals surface area (Å²) in [6, 6.07) is 15.9. The number of fused-ring (bicyclic) bond motifs is 1. The molecule has 0 saturated carbocycles. The predicted molar refractivity (Wildman–Crippen MR) is 112 cm³/mol. The molecule has 0 unspecified atom stereocenters. The van der Waals surface area contributed by atoms with Crippen molar-refractivity contribution in [3.63, 3.8) is 0 Å². The smallest absolute Gasteiger partial charge is 0.322 e. The number of nitrogens with zero attached hydrogens (tertiary/aromatic N) is 1. The first-order valence-corrected chi connectivity index (χ1v) is 9.99. The Kier molecular flexibility index (Phi) is 6.69. The van der Waals surface area contributed by atoms with E-state index in [9.17, 15) is 9.59 Å². The fraction of sp³-hybridized carbons (Fsp3) is 0.391. The van der Waals surface area contributed by atoms with E-state index >= 15 is 0 Å². The van der Waals surface area contributed by atoms with Gasteiger partial charge in [0.1, 0.15) is 0 Å². The van der Waals surface area contributed by atoms with Crippen molar-refractivity contribution < 1.29 is 9.59 Å². The van der Waals surface area contributed by atoms with Crippen LogP contribution in [-0.4, -0.2) is 23.4 Å². The van der Waals surface area contributed by atoms with E-state index in [4.69, 9.17) is 0 Å². The summed E-state index contributed by atoms with van der Waals surface area (Å²) in [7, 11) is 0. The van der Waals surface area contributed by atoms with Crippen LogP contribution in [0.4, 0.5) is 10.5 Å². The van der Waals surface area contributed by atoms with Crippen LogP contribution in [0.1, 0.15) is 43.4 Å². The highest BCUT2D eigenvalue weighted by Crippen LogP contribution is 2.23. The van der Waals surface area contributed by atoms with Crippen LogP contribution in [0.3, 0.4) is 0 Å². The number of hydrogen-bond acceptors (Lipinski definition) is 2. The number of nitrogens with one attached hydrogen (secondary N) is 2. The topological polar surface area (TPSA) is 61.4 Å². The van der Waals surface area contributed by atoms with E-state index in [1.54, 1.807) is 0 Å².